The highest BCUT2D eigenvalue weighted by molar-refractivity contribution is 8.00. The monoisotopic (exact) mass is 524 g/mol. The number of fused-ring (bicyclic) bond motifs is 1. The predicted molar refractivity (Wildman–Crippen MR) is 140 cm³/mol. The molecule has 1 aliphatic rings. The van der Waals surface area contributed by atoms with Gasteiger partial charge in [0.25, 0.3) is 0 Å². The number of nitrogens with one attached hydrogen (secondary N) is 3. The van der Waals surface area contributed by atoms with E-state index in [1.54, 1.807) is 13.8 Å². The third-order valence-corrected chi connectivity index (χ3v) is 8.04. The molecule has 11 heteroatoms. The van der Waals surface area contributed by atoms with Crippen molar-refractivity contribution in [2.75, 3.05) is 31.5 Å². The van der Waals surface area contributed by atoms with Crippen LogP contribution in [0.3, 0.4) is 0 Å². The Kier molecular flexibility index (Phi) is 11.1. The maximum absolute atomic E-state index is 13.8. The van der Waals surface area contributed by atoms with Gasteiger partial charge in [0.2, 0.25) is 11.8 Å². The van der Waals surface area contributed by atoms with E-state index in [4.69, 9.17) is 10.5 Å². The Morgan fingerprint density at radius 2 is 1.94 bits per heavy atom. The van der Waals surface area contributed by atoms with Crippen molar-refractivity contribution in [2.24, 2.45) is 11.7 Å². The first-order valence-corrected chi connectivity index (χ1v) is 13.8. The number of nitrogens with two attached hydrogens (primary N) is 1. The van der Waals surface area contributed by atoms with Gasteiger partial charge in [0.05, 0.1) is 31.0 Å². The zero-order valence-corrected chi connectivity index (χ0v) is 22.5. The number of ketones is 1. The van der Waals surface area contributed by atoms with Crippen LogP contribution in [0.1, 0.15) is 37.9 Å². The molecule has 0 fully saturated rings. The summed E-state index contributed by atoms with van der Waals surface area (Å²) in [5, 5.41) is 8.64. The van der Waals surface area contributed by atoms with Crippen LogP contribution in [0.15, 0.2) is 24.3 Å². The van der Waals surface area contributed by atoms with E-state index >= 15 is 0 Å². The Labute approximate surface area is 215 Å². The van der Waals surface area contributed by atoms with E-state index in [-0.39, 0.29) is 17.6 Å². The first kappa shape index (κ1) is 29.2. The lowest BCUT2D eigenvalue weighted by atomic mass is 9.84. The fraction of sp³-hybridized carbons (Fsp3) is 0.583. The number of methoxy groups -OCH3 is 1. The average Bonchev–Trinajstić information content (AvgIpc) is 2.83. The lowest BCUT2D eigenvalue weighted by Crippen LogP contribution is -2.59. The third kappa shape index (κ3) is 7.70. The van der Waals surface area contributed by atoms with Crippen LogP contribution in [0.5, 0.6) is 0 Å². The number of hydrogen-bond donors (Lipinski definition) is 4. The van der Waals surface area contributed by atoms with Gasteiger partial charge < -0.3 is 26.4 Å². The highest BCUT2D eigenvalue weighted by Crippen LogP contribution is 2.29. The Balaban J connectivity index is 2.26. The number of Topliss-reactive ketones (excluding diaryl/α,β-unsaturated/α-hetero) is 1. The minimum atomic E-state index is -1.19. The van der Waals surface area contributed by atoms with Crippen LogP contribution in [0.25, 0.3) is 0 Å². The van der Waals surface area contributed by atoms with E-state index in [0.717, 1.165) is 17.5 Å². The molecule has 1 unspecified atom stereocenters. The van der Waals surface area contributed by atoms with Crippen molar-refractivity contribution in [1.29, 1.82) is 0 Å². The summed E-state index contributed by atoms with van der Waals surface area (Å²) in [6.07, 6.45) is 2.65. The van der Waals surface area contributed by atoms with Crippen LogP contribution in [-0.2, 0) is 30.3 Å². The molecule has 2 amide bonds. The number of esters is 1. The minimum Gasteiger partial charge on any atom is -0.467 e. The Hall–Kier alpha value is -2.08. The number of carbonyl (C=O) groups is 4. The molecule has 1 aromatic rings. The SMILES string of the molecule is COC(=O)[C@@H](NC(=O)[C@@H](N)C(C)(C)SCNC(C)=O)[C@H](CSC)C(=O)C1NCCc2ccccc21. The molecule has 0 spiro atoms. The predicted octanol–water partition coefficient (Wildman–Crippen LogP) is 1.01. The summed E-state index contributed by atoms with van der Waals surface area (Å²) in [5.74, 6) is -1.88. The van der Waals surface area contributed by atoms with Crippen molar-refractivity contribution >= 4 is 47.1 Å². The molecule has 0 radical (unpaired) electrons. The average molecular weight is 525 g/mol. The van der Waals surface area contributed by atoms with E-state index in [9.17, 15) is 19.2 Å². The maximum atomic E-state index is 13.8. The lowest BCUT2D eigenvalue weighted by Gasteiger charge is -2.34. The van der Waals surface area contributed by atoms with Crippen LogP contribution in [-0.4, -0.2) is 71.9 Å². The maximum Gasteiger partial charge on any atom is 0.329 e. The zero-order valence-electron chi connectivity index (χ0n) is 20.9. The van der Waals surface area contributed by atoms with E-state index in [1.807, 2.05) is 30.5 Å². The summed E-state index contributed by atoms with van der Waals surface area (Å²) < 4.78 is 4.22. The molecule has 1 aromatic carbocycles. The van der Waals surface area contributed by atoms with Gasteiger partial charge in [-0.15, -0.1) is 11.8 Å². The van der Waals surface area contributed by atoms with E-state index in [1.165, 1.54) is 37.6 Å². The second kappa shape index (κ2) is 13.3. The summed E-state index contributed by atoms with van der Waals surface area (Å²) in [5.41, 5.74) is 8.23. The molecule has 194 valence electrons. The van der Waals surface area contributed by atoms with Gasteiger partial charge in [-0.25, -0.2) is 4.79 Å². The molecule has 5 N–H and O–H groups in total. The lowest BCUT2D eigenvalue weighted by molar-refractivity contribution is -0.149. The molecule has 2 rings (SSSR count). The first-order valence-electron chi connectivity index (χ1n) is 11.4. The number of rotatable bonds is 12. The van der Waals surface area contributed by atoms with Crippen molar-refractivity contribution in [3.05, 3.63) is 35.4 Å². The Morgan fingerprint density at radius 3 is 2.57 bits per heavy atom. The van der Waals surface area contributed by atoms with Crippen molar-refractivity contribution in [3.8, 4) is 0 Å². The second-order valence-electron chi connectivity index (χ2n) is 8.91. The third-order valence-electron chi connectivity index (χ3n) is 6.06. The van der Waals surface area contributed by atoms with Gasteiger partial charge in [-0.05, 0) is 37.7 Å². The highest BCUT2D eigenvalue weighted by atomic mass is 32.2. The van der Waals surface area contributed by atoms with Crippen molar-refractivity contribution in [3.63, 3.8) is 0 Å². The first-order chi connectivity index (χ1) is 16.5. The molecule has 0 aromatic heterocycles. The van der Waals surface area contributed by atoms with Gasteiger partial charge in [-0.2, -0.15) is 11.8 Å². The molecule has 9 nitrogen and oxygen atoms in total. The number of carbonyl (C=O) groups excluding carboxylic acids is 4. The summed E-state index contributed by atoms with van der Waals surface area (Å²) in [6, 6.07) is 4.96. The molecular formula is C24H36N4O5S2. The van der Waals surface area contributed by atoms with E-state index in [2.05, 4.69) is 16.0 Å². The summed E-state index contributed by atoms with van der Waals surface area (Å²) in [4.78, 5) is 50.9. The van der Waals surface area contributed by atoms with Crippen molar-refractivity contribution in [1.82, 2.24) is 16.0 Å². The highest BCUT2D eigenvalue weighted by Gasteiger charge is 2.42. The molecule has 35 heavy (non-hydrogen) atoms. The normalized spacial score (nSPS) is 17.9. The molecule has 0 saturated heterocycles. The number of benzene rings is 1. The minimum absolute atomic E-state index is 0.185. The second-order valence-corrected chi connectivity index (χ2v) is 11.5. The number of amides is 2. The summed E-state index contributed by atoms with van der Waals surface area (Å²) in [7, 11) is 1.23. The van der Waals surface area contributed by atoms with E-state index < -0.39 is 40.7 Å². The Morgan fingerprint density at radius 1 is 1.26 bits per heavy atom. The van der Waals surface area contributed by atoms with Crippen LogP contribution in [0.4, 0.5) is 0 Å². The van der Waals surface area contributed by atoms with Gasteiger partial charge in [0.15, 0.2) is 5.78 Å². The fourth-order valence-corrected chi connectivity index (χ4v) is 5.57. The molecule has 1 heterocycles. The van der Waals surface area contributed by atoms with Crippen LogP contribution in [0, 0.1) is 5.92 Å². The summed E-state index contributed by atoms with van der Waals surface area (Å²) in [6.45, 7) is 5.61. The van der Waals surface area contributed by atoms with Gasteiger partial charge in [-0.3, -0.25) is 14.4 Å². The Bertz CT molecular complexity index is 927. The standard InChI is InChI=1S/C24H36N4O5S2/c1-14(29)27-13-35-24(2,3)21(25)22(31)28-19(23(32)33-4)17(12-34-5)20(30)18-16-9-7-6-8-15(16)10-11-26-18/h6-9,17-19,21,26H,10-13,25H2,1-5H3,(H,27,29)(H,28,31)/t17-,18?,19-,21+/m0/s1. The largest absolute Gasteiger partial charge is 0.467 e. The molecule has 1 aliphatic heterocycles. The quantitative estimate of drug-likeness (QED) is 0.233. The van der Waals surface area contributed by atoms with Crippen molar-refractivity contribution in [2.45, 2.75) is 50.1 Å². The van der Waals surface area contributed by atoms with Crippen LogP contribution >= 0.6 is 23.5 Å². The van der Waals surface area contributed by atoms with E-state index in [0.29, 0.717) is 12.3 Å². The topological polar surface area (TPSA) is 140 Å². The zero-order chi connectivity index (χ0) is 26.2. The number of thioether (sulfide) groups is 2. The number of hydrogen-bond acceptors (Lipinski definition) is 9. The smallest absolute Gasteiger partial charge is 0.329 e. The molecule has 0 bridgehead atoms. The van der Waals surface area contributed by atoms with Crippen molar-refractivity contribution < 1.29 is 23.9 Å². The molecular weight excluding hydrogens is 488 g/mol. The summed E-state index contributed by atoms with van der Waals surface area (Å²) >= 11 is 2.72. The fourth-order valence-electron chi connectivity index (χ4n) is 3.92. The van der Waals surface area contributed by atoms with Crippen LogP contribution < -0.4 is 21.7 Å². The van der Waals surface area contributed by atoms with Gasteiger partial charge in [0.1, 0.15) is 6.04 Å². The molecule has 4 atom stereocenters. The van der Waals surface area contributed by atoms with Crippen LogP contribution in [0.2, 0.25) is 0 Å². The van der Waals surface area contributed by atoms with Gasteiger partial charge in [-0.1, -0.05) is 24.3 Å². The number of ether oxygens (including phenoxy) is 1. The molecule has 0 aliphatic carbocycles. The van der Waals surface area contributed by atoms with Gasteiger partial charge in [0, 0.05) is 24.0 Å². The molecule has 0 saturated carbocycles. The van der Waals surface area contributed by atoms with Gasteiger partial charge >= 0.3 is 5.97 Å².